The standard InChI is InChI=1S/C22H18O2/c23-21-10-9-17-18(22(21)24)8-7-15-11-19-14(12-20(15)17)6-5-13-3-1-2-4-16(13)19/h1-8,11-12,21-24H,9-10H2/t21-,22-/m0/s1. The van der Waals surface area contributed by atoms with Crippen LogP contribution in [-0.2, 0) is 6.42 Å². The zero-order valence-corrected chi connectivity index (χ0v) is 13.2. The van der Waals surface area contributed by atoms with E-state index in [0.29, 0.717) is 6.42 Å². The number of hydrogen-bond acceptors (Lipinski definition) is 2. The number of rotatable bonds is 0. The van der Waals surface area contributed by atoms with Crippen LogP contribution in [0.3, 0.4) is 0 Å². The number of benzene rings is 4. The predicted octanol–water partition coefficient (Wildman–Crippen LogP) is 4.49. The lowest BCUT2D eigenvalue weighted by Gasteiger charge is -2.27. The van der Waals surface area contributed by atoms with Crippen LogP contribution in [0.4, 0.5) is 0 Å². The van der Waals surface area contributed by atoms with Crippen LogP contribution in [0.5, 0.6) is 0 Å². The zero-order chi connectivity index (χ0) is 16.3. The molecule has 0 radical (unpaired) electrons. The van der Waals surface area contributed by atoms with Gasteiger partial charge in [0.1, 0.15) is 6.10 Å². The van der Waals surface area contributed by atoms with Crippen molar-refractivity contribution in [3.05, 3.63) is 71.8 Å². The van der Waals surface area contributed by atoms with E-state index in [-0.39, 0.29) is 0 Å². The fourth-order valence-electron chi connectivity index (χ4n) is 4.12. The minimum absolute atomic E-state index is 0.614. The third-order valence-electron chi connectivity index (χ3n) is 5.40. The summed E-state index contributed by atoms with van der Waals surface area (Å²) in [4.78, 5) is 0. The molecule has 0 fully saturated rings. The summed E-state index contributed by atoms with van der Waals surface area (Å²) in [5.74, 6) is 0. The SMILES string of the molecule is O[C@H]1CCc2c(ccc3cc4c(ccc5ccccc54)cc23)[C@@H]1O. The highest BCUT2D eigenvalue weighted by atomic mass is 16.3. The van der Waals surface area contributed by atoms with E-state index in [9.17, 15) is 10.2 Å². The van der Waals surface area contributed by atoms with Crippen LogP contribution in [-0.4, -0.2) is 16.3 Å². The molecule has 0 unspecified atom stereocenters. The summed E-state index contributed by atoms with van der Waals surface area (Å²) in [5, 5.41) is 27.6. The molecule has 0 amide bonds. The Morgan fingerprint density at radius 2 is 1.42 bits per heavy atom. The van der Waals surface area contributed by atoms with Gasteiger partial charge in [-0.3, -0.25) is 0 Å². The molecule has 4 aromatic rings. The van der Waals surface area contributed by atoms with E-state index < -0.39 is 12.2 Å². The maximum absolute atomic E-state index is 10.3. The van der Waals surface area contributed by atoms with Crippen molar-refractivity contribution in [3.8, 4) is 0 Å². The van der Waals surface area contributed by atoms with E-state index >= 15 is 0 Å². The van der Waals surface area contributed by atoms with Gasteiger partial charge in [0, 0.05) is 0 Å². The summed E-state index contributed by atoms with van der Waals surface area (Å²) < 4.78 is 0. The Hall–Kier alpha value is -2.42. The third kappa shape index (κ3) is 1.90. The van der Waals surface area contributed by atoms with E-state index in [2.05, 4.69) is 54.6 Å². The summed E-state index contributed by atoms with van der Waals surface area (Å²) in [7, 11) is 0. The Morgan fingerprint density at radius 3 is 2.33 bits per heavy atom. The number of aliphatic hydroxyl groups is 2. The molecule has 0 heterocycles. The first-order chi connectivity index (χ1) is 11.7. The molecular formula is C22H18O2. The van der Waals surface area contributed by atoms with Gasteiger partial charge < -0.3 is 10.2 Å². The highest BCUT2D eigenvalue weighted by Crippen LogP contribution is 2.37. The van der Waals surface area contributed by atoms with Crippen molar-refractivity contribution in [2.75, 3.05) is 0 Å². The lowest BCUT2D eigenvalue weighted by Crippen LogP contribution is -2.25. The molecule has 1 aliphatic rings. The fourth-order valence-corrected chi connectivity index (χ4v) is 4.12. The molecule has 1 aliphatic carbocycles. The second-order valence-electron chi connectivity index (χ2n) is 6.77. The smallest absolute Gasteiger partial charge is 0.105 e. The largest absolute Gasteiger partial charge is 0.390 e. The van der Waals surface area contributed by atoms with Crippen LogP contribution < -0.4 is 0 Å². The van der Waals surface area contributed by atoms with Crippen molar-refractivity contribution in [1.29, 1.82) is 0 Å². The van der Waals surface area contributed by atoms with E-state index in [0.717, 1.165) is 12.0 Å². The molecule has 2 N–H and O–H groups in total. The topological polar surface area (TPSA) is 40.5 Å². The molecule has 2 atom stereocenters. The quantitative estimate of drug-likeness (QED) is 0.371. The van der Waals surface area contributed by atoms with Crippen molar-refractivity contribution in [1.82, 2.24) is 0 Å². The highest BCUT2D eigenvalue weighted by molar-refractivity contribution is 6.12. The first-order valence-electron chi connectivity index (χ1n) is 8.45. The van der Waals surface area contributed by atoms with Gasteiger partial charge in [-0.15, -0.1) is 0 Å². The van der Waals surface area contributed by atoms with Gasteiger partial charge in [0.05, 0.1) is 6.10 Å². The van der Waals surface area contributed by atoms with E-state index in [1.54, 1.807) is 0 Å². The van der Waals surface area contributed by atoms with E-state index in [1.165, 1.54) is 37.9 Å². The number of fused-ring (bicyclic) bond motifs is 6. The minimum atomic E-state index is -0.773. The fraction of sp³-hybridized carbons (Fsp3) is 0.182. The summed E-state index contributed by atoms with van der Waals surface area (Å²) in [5.41, 5.74) is 2.06. The maximum atomic E-state index is 10.3. The second-order valence-corrected chi connectivity index (χ2v) is 6.77. The van der Waals surface area contributed by atoms with Gasteiger partial charge in [0.2, 0.25) is 0 Å². The van der Waals surface area contributed by atoms with E-state index in [1.807, 2.05) is 6.07 Å². The molecule has 24 heavy (non-hydrogen) atoms. The molecule has 5 rings (SSSR count). The van der Waals surface area contributed by atoms with Crippen LogP contribution >= 0.6 is 0 Å². The third-order valence-corrected chi connectivity index (χ3v) is 5.40. The average Bonchev–Trinajstić information content (AvgIpc) is 2.63. The highest BCUT2D eigenvalue weighted by Gasteiger charge is 2.27. The summed E-state index contributed by atoms with van der Waals surface area (Å²) in [6.07, 6.45) is -0.00247. The summed E-state index contributed by atoms with van der Waals surface area (Å²) in [6.45, 7) is 0. The van der Waals surface area contributed by atoms with Crippen molar-refractivity contribution in [3.63, 3.8) is 0 Å². The molecule has 118 valence electrons. The molecule has 0 aromatic heterocycles. The second kappa shape index (κ2) is 5.04. The minimum Gasteiger partial charge on any atom is -0.390 e. The Bertz CT molecular complexity index is 1100. The predicted molar refractivity (Wildman–Crippen MR) is 98.2 cm³/mol. The van der Waals surface area contributed by atoms with Crippen LogP contribution in [0.2, 0.25) is 0 Å². The number of aryl methyl sites for hydroxylation is 1. The molecule has 0 spiro atoms. The van der Waals surface area contributed by atoms with Gasteiger partial charge in [-0.05, 0) is 68.4 Å². The summed E-state index contributed by atoms with van der Waals surface area (Å²) in [6, 6.07) is 21.3. The van der Waals surface area contributed by atoms with Crippen molar-refractivity contribution < 1.29 is 10.2 Å². The average molecular weight is 314 g/mol. The van der Waals surface area contributed by atoms with Crippen LogP contribution in [0.15, 0.2) is 60.7 Å². The Labute approximate surface area is 140 Å². The van der Waals surface area contributed by atoms with E-state index in [4.69, 9.17) is 0 Å². The maximum Gasteiger partial charge on any atom is 0.105 e. The molecular weight excluding hydrogens is 296 g/mol. The van der Waals surface area contributed by atoms with Crippen molar-refractivity contribution in [2.24, 2.45) is 0 Å². The van der Waals surface area contributed by atoms with Gasteiger partial charge in [-0.1, -0.05) is 48.5 Å². The molecule has 4 aromatic carbocycles. The molecule has 0 aliphatic heterocycles. The zero-order valence-electron chi connectivity index (χ0n) is 13.2. The van der Waals surface area contributed by atoms with Crippen molar-refractivity contribution >= 4 is 32.3 Å². The van der Waals surface area contributed by atoms with Gasteiger partial charge in [0.25, 0.3) is 0 Å². The van der Waals surface area contributed by atoms with Crippen molar-refractivity contribution in [2.45, 2.75) is 25.0 Å². The number of hydrogen-bond donors (Lipinski definition) is 2. The monoisotopic (exact) mass is 314 g/mol. The van der Waals surface area contributed by atoms with Gasteiger partial charge in [-0.2, -0.15) is 0 Å². The first-order valence-corrected chi connectivity index (χ1v) is 8.45. The van der Waals surface area contributed by atoms with Gasteiger partial charge in [-0.25, -0.2) is 0 Å². The summed E-state index contributed by atoms with van der Waals surface area (Å²) >= 11 is 0. The number of aliphatic hydroxyl groups excluding tert-OH is 2. The normalized spacial score (nSPS) is 20.6. The van der Waals surface area contributed by atoms with Gasteiger partial charge >= 0.3 is 0 Å². The lowest BCUT2D eigenvalue weighted by atomic mass is 9.83. The lowest BCUT2D eigenvalue weighted by molar-refractivity contribution is 0.00676. The Morgan fingerprint density at radius 1 is 0.708 bits per heavy atom. The van der Waals surface area contributed by atoms with Crippen LogP contribution in [0.1, 0.15) is 23.7 Å². The van der Waals surface area contributed by atoms with Crippen LogP contribution in [0, 0.1) is 0 Å². The molecule has 2 heteroatoms. The van der Waals surface area contributed by atoms with Crippen LogP contribution in [0.25, 0.3) is 32.3 Å². The molecule has 0 saturated heterocycles. The molecule has 0 bridgehead atoms. The van der Waals surface area contributed by atoms with Gasteiger partial charge in [0.15, 0.2) is 0 Å². The molecule has 2 nitrogen and oxygen atoms in total. The molecule has 0 saturated carbocycles. The first kappa shape index (κ1) is 14.0. The Kier molecular flexibility index (Phi) is 2.93. The Balaban J connectivity index is 1.86.